The summed E-state index contributed by atoms with van der Waals surface area (Å²) in [5.74, 6) is -0.248. The first-order chi connectivity index (χ1) is 9.65. The van der Waals surface area contributed by atoms with E-state index in [1.165, 1.54) is 12.8 Å². The molecule has 0 radical (unpaired) electrons. The first-order valence-corrected chi connectivity index (χ1v) is 7.78. The van der Waals surface area contributed by atoms with Gasteiger partial charge < -0.3 is 5.32 Å². The number of hydrogen-bond acceptors (Lipinski definition) is 1. The van der Waals surface area contributed by atoms with Crippen molar-refractivity contribution in [2.45, 2.75) is 25.4 Å². The number of rotatable bonds is 4. The number of halogens is 3. The Balaban J connectivity index is 2.01. The lowest BCUT2D eigenvalue weighted by Gasteiger charge is -2.12. The molecule has 0 bridgehead atoms. The third kappa shape index (κ3) is 3.05. The molecule has 0 aromatic heterocycles. The molecule has 2 aromatic rings. The quantitative estimate of drug-likeness (QED) is 0.799. The molecule has 0 aliphatic heterocycles. The first-order valence-electron chi connectivity index (χ1n) is 6.61. The van der Waals surface area contributed by atoms with Gasteiger partial charge in [-0.3, -0.25) is 0 Å². The van der Waals surface area contributed by atoms with E-state index in [4.69, 9.17) is 11.6 Å². The fourth-order valence-electron chi connectivity index (χ4n) is 2.21. The van der Waals surface area contributed by atoms with E-state index in [9.17, 15) is 4.39 Å². The molecule has 104 valence electrons. The van der Waals surface area contributed by atoms with Crippen LogP contribution in [0.25, 0.3) is 11.1 Å². The first kappa shape index (κ1) is 14.1. The van der Waals surface area contributed by atoms with Crippen molar-refractivity contribution in [3.63, 3.8) is 0 Å². The highest BCUT2D eigenvalue weighted by Crippen LogP contribution is 2.32. The molecule has 1 aliphatic rings. The minimum Gasteiger partial charge on any atom is -0.310 e. The largest absolute Gasteiger partial charge is 0.310 e. The highest BCUT2D eigenvalue weighted by Gasteiger charge is 2.21. The minimum absolute atomic E-state index is 0.248. The van der Waals surface area contributed by atoms with Gasteiger partial charge in [0, 0.05) is 23.2 Å². The molecule has 1 N–H and O–H groups in total. The second kappa shape index (κ2) is 5.84. The van der Waals surface area contributed by atoms with Gasteiger partial charge in [-0.2, -0.15) is 0 Å². The van der Waals surface area contributed by atoms with E-state index < -0.39 is 0 Å². The molecule has 1 saturated carbocycles. The van der Waals surface area contributed by atoms with E-state index in [0.29, 0.717) is 21.1 Å². The van der Waals surface area contributed by atoms with Crippen LogP contribution in [0.1, 0.15) is 18.4 Å². The average Bonchev–Trinajstić information content (AvgIpc) is 3.25. The molecule has 0 saturated heterocycles. The topological polar surface area (TPSA) is 12.0 Å². The SMILES string of the molecule is Fc1c(Br)cccc1-c1cc(Cl)ccc1CNC1CC1. The summed E-state index contributed by atoms with van der Waals surface area (Å²) in [4.78, 5) is 0. The Morgan fingerprint density at radius 1 is 1.20 bits per heavy atom. The van der Waals surface area contributed by atoms with Crippen molar-refractivity contribution in [3.8, 4) is 11.1 Å². The van der Waals surface area contributed by atoms with Gasteiger partial charge in [-0.1, -0.05) is 29.8 Å². The standard InChI is InChI=1S/C16H14BrClFN/c17-15-3-1-2-13(16(15)19)14-8-11(18)5-4-10(14)9-20-12-6-7-12/h1-5,8,12,20H,6-7,9H2. The maximum absolute atomic E-state index is 14.3. The predicted molar refractivity (Wildman–Crippen MR) is 84.4 cm³/mol. The zero-order valence-electron chi connectivity index (χ0n) is 10.8. The Labute approximate surface area is 131 Å². The van der Waals surface area contributed by atoms with Crippen molar-refractivity contribution in [1.29, 1.82) is 0 Å². The molecule has 20 heavy (non-hydrogen) atoms. The lowest BCUT2D eigenvalue weighted by atomic mass is 9.99. The van der Waals surface area contributed by atoms with E-state index in [0.717, 1.165) is 17.7 Å². The minimum atomic E-state index is -0.248. The lowest BCUT2D eigenvalue weighted by Crippen LogP contribution is -2.16. The van der Waals surface area contributed by atoms with E-state index in [1.807, 2.05) is 24.3 Å². The van der Waals surface area contributed by atoms with Gasteiger partial charge in [0.2, 0.25) is 0 Å². The molecule has 0 spiro atoms. The molecule has 0 amide bonds. The third-order valence-electron chi connectivity index (χ3n) is 3.47. The van der Waals surface area contributed by atoms with Crippen LogP contribution in [0.5, 0.6) is 0 Å². The van der Waals surface area contributed by atoms with Gasteiger partial charge in [-0.15, -0.1) is 0 Å². The second-order valence-electron chi connectivity index (χ2n) is 5.06. The summed E-state index contributed by atoms with van der Waals surface area (Å²) in [5.41, 5.74) is 2.50. The zero-order valence-corrected chi connectivity index (χ0v) is 13.1. The molecular weight excluding hydrogens is 341 g/mol. The molecule has 0 heterocycles. The molecule has 2 aromatic carbocycles. The summed E-state index contributed by atoms with van der Waals surface area (Å²) in [7, 11) is 0. The lowest BCUT2D eigenvalue weighted by molar-refractivity contribution is 0.624. The summed E-state index contributed by atoms with van der Waals surface area (Å²) < 4.78 is 14.8. The van der Waals surface area contributed by atoms with Gasteiger partial charge in [0.15, 0.2) is 0 Å². The fraction of sp³-hybridized carbons (Fsp3) is 0.250. The maximum Gasteiger partial charge on any atom is 0.145 e. The second-order valence-corrected chi connectivity index (χ2v) is 6.35. The summed E-state index contributed by atoms with van der Waals surface area (Å²) in [6.45, 7) is 0.739. The number of benzene rings is 2. The van der Waals surface area contributed by atoms with Crippen molar-refractivity contribution in [2.75, 3.05) is 0 Å². The monoisotopic (exact) mass is 353 g/mol. The van der Waals surface area contributed by atoms with Gasteiger partial charge in [0.05, 0.1) is 4.47 Å². The molecule has 1 aliphatic carbocycles. The van der Waals surface area contributed by atoms with Crippen LogP contribution in [0, 0.1) is 5.82 Å². The highest BCUT2D eigenvalue weighted by atomic mass is 79.9. The van der Waals surface area contributed by atoms with E-state index in [-0.39, 0.29) is 5.82 Å². The van der Waals surface area contributed by atoms with Crippen LogP contribution < -0.4 is 5.32 Å². The molecule has 1 nitrogen and oxygen atoms in total. The van der Waals surface area contributed by atoms with Gasteiger partial charge in [0.1, 0.15) is 5.82 Å². The van der Waals surface area contributed by atoms with Crippen LogP contribution in [0.2, 0.25) is 5.02 Å². The Hall–Kier alpha value is -0.900. The molecule has 0 unspecified atom stereocenters. The van der Waals surface area contributed by atoms with Crippen LogP contribution >= 0.6 is 27.5 Å². The number of nitrogens with one attached hydrogen (secondary N) is 1. The van der Waals surface area contributed by atoms with Gasteiger partial charge in [0.25, 0.3) is 0 Å². The van der Waals surface area contributed by atoms with Crippen LogP contribution in [-0.2, 0) is 6.54 Å². The summed E-state index contributed by atoms with van der Waals surface area (Å²) in [5, 5.41) is 4.08. The van der Waals surface area contributed by atoms with Crippen molar-refractivity contribution >= 4 is 27.5 Å². The Bertz CT molecular complexity index is 640. The van der Waals surface area contributed by atoms with E-state index in [2.05, 4.69) is 21.2 Å². The average molecular weight is 355 g/mol. The van der Waals surface area contributed by atoms with Crippen molar-refractivity contribution in [1.82, 2.24) is 5.32 Å². The number of hydrogen-bond donors (Lipinski definition) is 1. The Morgan fingerprint density at radius 2 is 2.00 bits per heavy atom. The summed E-state index contributed by atoms with van der Waals surface area (Å²) in [6.07, 6.45) is 2.46. The van der Waals surface area contributed by atoms with Crippen molar-refractivity contribution in [3.05, 3.63) is 57.3 Å². The normalized spacial score (nSPS) is 14.6. The Morgan fingerprint density at radius 3 is 2.75 bits per heavy atom. The van der Waals surface area contributed by atoms with E-state index >= 15 is 0 Å². The highest BCUT2D eigenvalue weighted by molar-refractivity contribution is 9.10. The summed E-state index contributed by atoms with van der Waals surface area (Å²) >= 11 is 9.31. The van der Waals surface area contributed by atoms with Crippen LogP contribution in [0.3, 0.4) is 0 Å². The van der Waals surface area contributed by atoms with Gasteiger partial charge >= 0.3 is 0 Å². The fourth-order valence-corrected chi connectivity index (χ4v) is 2.75. The predicted octanol–water partition coefficient (Wildman–Crippen LogP) is 5.16. The molecule has 0 atom stereocenters. The third-order valence-corrected chi connectivity index (χ3v) is 4.32. The molecule has 1 fully saturated rings. The van der Waals surface area contributed by atoms with Crippen LogP contribution in [-0.4, -0.2) is 6.04 Å². The summed E-state index contributed by atoms with van der Waals surface area (Å²) in [6, 6.07) is 11.6. The molecular formula is C16H14BrClFN. The maximum atomic E-state index is 14.3. The zero-order chi connectivity index (χ0) is 14.1. The molecule has 3 rings (SSSR count). The van der Waals surface area contributed by atoms with Crippen LogP contribution in [0.15, 0.2) is 40.9 Å². The van der Waals surface area contributed by atoms with Gasteiger partial charge in [-0.05, 0) is 58.1 Å². The van der Waals surface area contributed by atoms with Gasteiger partial charge in [-0.25, -0.2) is 4.39 Å². The van der Waals surface area contributed by atoms with Crippen molar-refractivity contribution < 1.29 is 4.39 Å². The van der Waals surface area contributed by atoms with Crippen molar-refractivity contribution in [2.24, 2.45) is 0 Å². The smallest absolute Gasteiger partial charge is 0.145 e. The van der Waals surface area contributed by atoms with E-state index in [1.54, 1.807) is 12.1 Å². The van der Waals surface area contributed by atoms with Crippen LogP contribution in [0.4, 0.5) is 4.39 Å². The molecule has 4 heteroatoms. The Kier molecular flexibility index (Phi) is 4.11.